The Hall–Kier alpha value is -5.50. The van der Waals surface area contributed by atoms with Gasteiger partial charge < -0.3 is 18.9 Å². The van der Waals surface area contributed by atoms with Crippen molar-refractivity contribution in [3.05, 3.63) is 114 Å². The standard InChI is InChI=1S/C35H32O8/c1-20(2)33(37)41-27-11-9-25(10-12-27)29-19-31(43-35(39)22(5)6)30(17-23(29)7)24(8)18-32(36)40-26-13-15-28(16-14-26)42-34(38)21(3)4/h9-19H,1,3,5H2,2,4,6-8H3/b24-18+. The highest BCUT2D eigenvalue weighted by Gasteiger charge is 2.17. The first-order valence-corrected chi connectivity index (χ1v) is 13.1. The molecule has 8 heteroatoms. The van der Waals surface area contributed by atoms with Gasteiger partial charge in [-0.05, 0) is 105 Å². The molecular weight excluding hydrogens is 548 g/mol. The van der Waals surface area contributed by atoms with Crippen LogP contribution in [0.3, 0.4) is 0 Å². The Kier molecular flexibility index (Phi) is 10.4. The van der Waals surface area contributed by atoms with E-state index < -0.39 is 23.9 Å². The van der Waals surface area contributed by atoms with Gasteiger partial charge in [-0.1, -0.05) is 31.9 Å². The van der Waals surface area contributed by atoms with Gasteiger partial charge in [0.05, 0.1) is 0 Å². The fraction of sp³-hybridized carbons (Fsp3) is 0.143. The Balaban J connectivity index is 1.89. The van der Waals surface area contributed by atoms with Gasteiger partial charge in [-0.2, -0.15) is 0 Å². The minimum atomic E-state index is -0.664. The SMILES string of the molecule is C=C(C)C(=O)Oc1ccc(OC(=O)/C=C(\C)c2cc(C)c(-c3ccc(OC(=O)C(=C)C)cc3)cc2OC(=O)C(=C)C)cc1. The molecule has 0 amide bonds. The van der Waals surface area contributed by atoms with Crippen molar-refractivity contribution in [3.63, 3.8) is 0 Å². The molecule has 0 saturated heterocycles. The molecule has 0 N–H and O–H groups in total. The molecule has 3 aromatic rings. The van der Waals surface area contributed by atoms with Crippen molar-refractivity contribution in [1.29, 1.82) is 0 Å². The summed E-state index contributed by atoms with van der Waals surface area (Å²) in [5.41, 5.74) is 4.10. The van der Waals surface area contributed by atoms with Crippen LogP contribution in [0.25, 0.3) is 16.7 Å². The third kappa shape index (κ3) is 8.74. The summed E-state index contributed by atoms with van der Waals surface area (Å²) < 4.78 is 21.5. The molecule has 0 atom stereocenters. The fourth-order valence-corrected chi connectivity index (χ4v) is 3.65. The van der Waals surface area contributed by atoms with E-state index >= 15 is 0 Å². The lowest BCUT2D eigenvalue weighted by molar-refractivity contribution is -0.131. The molecule has 0 aliphatic carbocycles. The first kappa shape index (κ1) is 32.0. The summed E-state index contributed by atoms with van der Waals surface area (Å²) in [6, 6.07) is 16.3. The third-order valence-corrected chi connectivity index (χ3v) is 5.96. The number of hydrogen-bond acceptors (Lipinski definition) is 8. The second-order valence-electron chi connectivity index (χ2n) is 9.92. The maximum absolute atomic E-state index is 12.8. The molecule has 0 radical (unpaired) electrons. The molecule has 0 aliphatic heterocycles. The summed E-state index contributed by atoms with van der Waals surface area (Å²) in [6.07, 6.45) is 1.28. The number of ether oxygens (including phenoxy) is 4. The topological polar surface area (TPSA) is 105 Å². The van der Waals surface area contributed by atoms with Crippen LogP contribution in [0.2, 0.25) is 0 Å². The predicted molar refractivity (Wildman–Crippen MR) is 164 cm³/mol. The molecule has 0 spiro atoms. The van der Waals surface area contributed by atoms with Crippen LogP contribution in [-0.2, 0) is 19.2 Å². The molecule has 8 nitrogen and oxygen atoms in total. The van der Waals surface area contributed by atoms with E-state index in [-0.39, 0.29) is 34.0 Å². The van der Waals surface area contributed by atoms with E-state index in [4.69, 9.17) is 18.9 Å². The Morgan fingerprint density at radius 2 is 1.02 bits per heavy atom. The van der Waals surface area contributed by atoms with Crippen LogP contribution in [0, 0.1) is 6.92 Å². The second kappa shape index (κ2) is 13.9. The Bertz CT molecular complexity index is 1660. The van der Waals surface area contributed by atoms with Gasteiger partial charge in [0.1, 0.15) is 23.0 Å². The normalized spacial score (nSPS) is 10.8. The van der Waals surface area contributed by atoms with Gasteiger partial charge in [0.2, 0.25) is 0 Å². The Morgan fingerprint density at radius 3 is 1.49 bits per heavy atom. The van der Waals surface area contributed by atoms with Crippen LogP contribution < -0.4 is 18.9 Å². The summed E-state index contributed by atoms with van der Waals surface area (Å²) in [5, 5.41) is 0. The van der Waals surface area contributed by atoms with E-state index in [1.54, 1.807) is 50.2 Å². The lowest BCUT2D eigenvalue weighted by Crippen LogP contribution is -2.11. The van der Waals surface area contributed by atoms with Crippen LogP contribution in [0.15, 0.2) is 103 Å². The molecule has 0 saturated carbocycles. The van der Waals surface area contributed by atoms with Crippen molar-refractivity contribution in [3.8, 4) is 34.1 Å². The van der Waals surface area contributed by atoms with Crippen molar-refractivity contribution in [1.82, 2.24) is 0 Å². The molecule has 3 rings (SSSR count). The number of rotatable bonds is 10. The van der Waals surface area contributed by atoms with E-state index in [9.17, 15) is 19.2 Å². The zero-order chi connectivity index (χ0) is 31.8. The van der Waals surface area contributed by atoms with Crippen LogP contribution >= 0.6 is 0 Å². The molecule has 0 fully saturated rings. The molecule has 0 bridgehead atoms. The summed E-state index contributed by atoms with van der Waals surface area (Å²) >= 11 is 0. The van der Waals surface area contributed by atoms with Gasteiger partial charge in [0, 0.05) is 28.4 Å². The lowest BCUT2D eigenvalue weighted by atomic mass is 9.95. The summed E-state index contributed by atoms with van der Waals surface area (Å²) in [6.45, 7) is 19.0. The number of allylic oxidation sites excluding steroid dienone is 1. The van der Waals surface area contributed by atoms with Gasteiger partial charge in [-0.3, -0.25) is 0 Å². The second-order valence-corrected chi connectivity index (χ2v) is 9.92. The van der Waals surface area contributed by atoms with E-state index in [0.717, 1.165) is 16.7 Å². The molecule has 220 valence electrons. The zero-order valence-electron chi connectivity index (χ0n) is 24.7. The summed E-state index contributed by atoms with van der Waals surface area (Å²) in [5.74, 6) is -1.28. The van der Waals surface area contributed by atoms with Gasteiger partial charge in [-0.25, -0.2) is 19.2 Å². The number of carbonyl (C=O) groups is 4. The molecule has 3 aromatic carbocycles. The quantitative estimate of drug-likeness (QED) is 0.142. The molecular formula is C35H32O8. The zero-order valence-corrected chi connectivity index (χ0v) is 24.7. The summed E-state index contributed by atoms with van der Waals surface area (Å²) in [4.78, 5) is 48.8. The van der Waals surface area contributed by atoms with E-state index in [1.165, 1.54) is 44.2 Å². The van der Waals surface area contributed by atoms with Crippen molar-refractivity contribution in [2.45, 2.75) is 34.6 Å². The van der Waals surface area contributed by atoms with Gasteiger partial charge in [0.25, 0.3) is 0 Å². The number of benzene rings is 3. The molecule has 0 unspecified atom stereocenters. The van der Waals surface area contributed by atoms with Gasteiger partial charge in [0.15, 0.2) is 0 Å². The van der Waals surface area contributed by atoms with Crippen molar-refractivity contribution in [2.75, 3.05) is 0 Å². The Morgan fingerprint density at radius 1 is 0.605 bits per heavy atom. The molecule has 43 heavy (non-hydrogen) atoms. The predicted octanol–water partition coefficient (Wildman–Crippen LogP) is 7.12. The monoisotopic (exact) mass is 580 g/mol. The number of carbonyl (C=O) groups excluding carboxylic acids is 4. The number of hydrogen-bond donors (Lipinski definition) is 0. The largest absolute Gasteiger partial charge is 0.423 e. The summed E-state index contributed by atoms with van der Waals surface area (Å²) in [7, 11) is 0. The highest BCUT2D eigenvalue weighted by molar-refractivity contribution is 5.95. The van der Waals surface area contributed by atoms with Crippen LogP contribution in [0.5, 0.6) is 23.0 Å². The maximum Gasteiger partial charge on any atom is 0.338 e. The van der Waals surface area contributed by atoms with Crippen molar-refractivity contribution >= 4 is 29.5 Å². The number of aryl methyl sites for hydroxylation is 1. The van der Waals surface area contributed by atoms with Crippen LogP contribution in [0.4, 0.5) is 0 Å². The average Bonchev–Trinajstić information content (AvgIpc) is 2.94. The molecule has 0 aliphatic rings. The van der Waals surface area contributed by atoms with Crippen LogP contribution in [-0.4, -0.2) is 23.9 Å². The first-order valence-electron chi connectivity index (χ1n) is 13.1. The van der Waals surface area contributed by atoms with Crippen molar-refractivity contribution in [2.24, 2.45) is 0 Å². The van der Waals surface area contributed by atoms with E-state index in [0.29, 0.717) is 16.9 Å². The molecule has 0 aromatic heterocycles. The average molecular weight is 581 g/mol. The van der Waals surface area contributed by atoms with Crippen LogP contribution in [0.1, 0.15) is 38.8 Å². The highest BCUT2D eigenvalue weighted by Crippen LogP contribution is 2.35. The fourth-order valence-electron chi connectivity index (χ4n) is 3.65. The number of esters is 4. The van der Waals surface area contributed by atoms with Gasteiger partial charge in [-0.15, -0.1) is 0 Å². The minimum Gasteiger partial charge on any atom is -0.423 e. The van der Waals surface area contributed by atoms with E-state index in [1.807, 2.05) is 6.92 Å². The Labute approximate surface area is 250 Å². The van der Waals surface area contributed by atoms with Gasteiger partial charge >= 0.3 is 23.9 Å². The highest BCUT2D eigenvalue weighted by atomic mass is 16.5. The van der Waals surface area contributed by atoms with Crippen molar-refractivity contribution < 1.29 is 38.1 Å². The lowest BCUT2D eigenvalue weighted by Gasteiger charge is -2.16. The smallest absolute Gasteiger partial charge is 0.338 e. The first-order chi connectivity index (χ1) is 20.2. The van der Waals surface area contributed by atoms with E-state index in [2.05, 4.69) is 19.7 Å². The minimum absolute atomic E-state index is 0.204. The maximum atomic E-state index is 12.8. The third-order valence-electron chi connectivity index (χ3n) is 5.96. The molecule has 0 heterocycles.